The first-order valence-corrected chi connectivity index (χ1v) is 9.38. The zero-order valence-corrected chi connectivity index (χ0v) is 16.4. The average Bonchev–Trinajstić information content (AvgIpc) is 2.99. The number of nitro benzene ring substituents is 1. The van der Waals surface area contributed by atoms with Crippen LogP contribution in [0, 0.1) is 24.0 Å². The maximum atomic E-state index is 13.1. The highest BCUT2D eigenvalue weighted by Gasteiger charge is 2.26. The molecule has 3 rings (SSSR count). The van der Waals surface area contributed by atoms with E-state index in [-0.39, 0.29) is 17.3 Å². The van der Waals surface area contributed by atoms with Crippen molar-refractivity contribution in [2.24, 2.45) is 7.05 Å². The molecular formula is C19H19N5O3S. The minimum atomic E-state index is -0.649. The summed E-state index contributed by atoms with van der Waals surface area (Å²) in [6.07, 6.45) is 0. The number of carbonyl (C=O) groups excluding carboxylic acids is 1. The Bertz CT molecular complexity index is 1020. The van der Waals surface area contributed by atoms with Crippen LogP contribution in [0.3, 0.4) is 0 Å². The van der Waals surface area contributed by atoms with E-state index in [1.807, 2.05) is 44.3 Å². The smallest absolute Gasteiger partial charge is 0.293 e. The molecule has 0 radical (unpaired) electrons. The number of carbonyl (C=O) groups is 1. The normalized spacial score (nSPS) is 11.8. The number of nitrogens with zero attached hydrogens (tertiary/aromatic N) is 4. The molecule has 8 nitrogen and oxygen atoms in total. The molecule has 0 aliphatic rings. The number of aromatic nitrogens is 3. The summed E-state index contributed by atoms with van der Waals surface area (Å²) in [6.45, 7) is 3.59. The second kappa shape index (κ2) is 8.22. The minimum Gasteiger partial charge on any atom is -0.319 e. The molecule has 0 saturated carbocycles. The molecule has 0 fully saturated rings. The lowest BCUT2D eigenvalue weighted by molar-refractivity contribution is -0.384. The zero-order chi connectivity index (χ0) is 20.3. The van der Waals surface area contributed by atoms with Gasteiger partial charge < -0.3 is 9.88 Å². The summed E-state index contributed by atoms with van der Waals surface area (Å²) in [7, 11) is 1.82. The summed E-state index contributed by atoms with van der Waals surface area (Å²) < 4.78 is 1.79. The number of anilines is 1. The van der Waals surface area contributed by atoms with Crippen LogP contribution in [0.15, 0.2) is 53.7 Å². The molecule has 1 N–H and O–H groups in total. The first kappa shape index (κ1) is 19.6. The maximum Gasteiger partial charge on any atom is 0.293 e. The molecule has 1 aromatic heterocycles. The van der Waals surface area contributed by atoms with Gasteiger partial charge in [0, 0.05) is 13.1 Å². The Kier molecular flexibility index (Phi) is 5.74. The van der Waals surface area contributed by atoms with Crippen LogP contribution in [0.4, 0.5) is 11.4 Å². The fraction of sp³-hybridized carbons (Fsp3) is 0.211. The van der Waals surface area contributed by atoms with Crippen molar-refractivity contribution in [3.63, 3.8) is 0 Å². The quantitative estimate of drug-likeness (QED) is 0.385. The maximum absolute atomic E-state index is 13.1. The van der Waals surface area contributed by atoms with Crippen molar-refractivity contribution in [1.82, 2.24) is 14.8 Å². The van der Waals surface area contributed by atoms with Crippen molar-refractivity contribution in [3.05, 3.63) is 75.6 Å². The minimum absolute atomic E-state index is 0.139. The van der Waals surface area contributed by atoms with Crippen molar-refractivity contribution < 1.29 is 9.72 Å². The number of nitrogens with one attached hydrogen (secondary N) is 1. The van der Waals surface area contributed by atoms with Gasteiger partial charge in [-0.15, -0.1) is 10.2 Å². The Morgan fingerprint density at radius 3 is 2.50 bits per heavy atom. The lowest BCUT2D eigenvalue weighted by Gasteiger charge is -2.16. The lowest BCUT2D eigenvalue weighted by Crippen LogP contribution is -2.20. The summed E-state index contributed by atoms with van der Waals surface area (Å²) in [5, 5.41) is 22.1. The second-order valence-corrected chi connectivity index (χ2v) is 7.34. The van der Waals surface area contributed by atoms with E-state index >= 15 is 0 Å². The van der Waals surface area contributed by atoms with Crippen LogP contribution in [0.5, 0.6) is 0 Å². The fourth-order valence-corrected chi connectivity index (χ4v) is 3.64. The number of benzene rings is 2. The molecule has 0 aliphatic heterocycles. The monoisotopic (exact) mass is 397 g/mol. The molecule has 0 aliphatic carbocycles. The summed E-state index contributed by atoms with van der Waals surface area (Å²) in [5.74, 6) is 0.354. The van der Waals surface area contributed by atoms with Gasteiger partial charge in [0.2, 0.25) is 5.91 Å². The average molecular weight is 397 g/mol. The van der Waals surface area contributed by atoms with Gasteiger partial charge in [0.15, 0.2) is 5.16 Å². The highest BCUT2D eigenvalue weighted by atomic mass is 32.2. The van der Waals surface area contributed by atoms with Crippen molar-refractivity contribution in [3.8, 4) is 0 Å². The molecule has 9 heteroatoms. The van der Waals surface area contributed by atoms with Crippen molar-refractivity contribution in [2.75, 3.05) is 5.32 Å². The SMILES string of the molecule is Cc1ccc(NC(=O)[C@@H](Sc2nnc(C)n2C)c2ccccc2)c([N+](=O)[O-])c1. The number of rotatable bonds is 6. The van der Waals surface area contributed by atoms with E-state index in [0.29, 0.717) is 5.16 Å². The molecule has 144 valence electrons. The van der Waals surface area contributed by atoms with E-state index in [1.165, 1.54) is 17.8 Å². The topological polar surface area (TPSA) is 103 Å². The first-order chi connectivity index (χ1) is 13.4. The number of amides is 1. The highest BCUT2D eigenvalue weighted by Crippen LogP contribution is 2.36. The molecule has 0 bridgehead atoms. The van der Waals surface area contributed by atoms with Gasteiger partial charge in [0.1, 0.15) is 16.8 Å². The van der Waals surface area contributed by atoms with Crippen LogP contribution in [0.25, 0.3) is 0 Å². The van der Waals surface area contributed by atoms with Crippen LogP contribution in [-0.4, -0.2) is 25.6 Å². The summed E-state index contributed by atoms with van der Waals surface area (Å²) in [6, 6.07) is 13.9. The molecule has 1 atom stereocenters. The molecular weight excluding hydrogens is 378 g/mol. The standard InChI is InChI=1S/C19H19N5O3S/c1-12-9-10-15(16(11-12)24(26)27)20-18(25)17(14-7-5-4-6-8-14)28-19-22-21-13(2)23(19)3/h4-11,17H,1-3H3,(H,20,25)/t17-/m0/s1. The predicted octanol–water partition coefficient (Wildman–Crippen LogP) is 3.81. The molecule has 3 aromatic rings. The molecule has 0 spiro atoms. The Morgan fingerprint density at radius 2 is 1.89 bits per heavy atom. The van der Waals surface area contributed by atoms with Crippen LogP contribution in [0.2, 0.25) is 0 Å². The van der Waals surface area contributed by atoms with Crippen LogP contribution >= 0.6 is 11.8 Å². The van der Waals surface area contributed by atoms with Gasteiger partial charge in [0.25, 0.3) is 5.69 Å². The van der Waals surface area contributed by atoms with Gasteiger partial charge in [0.05, 0.1) is 4.92 Å². The van der Waals surface area contributed by atoms with E-state index in [0.717, 1.165) is 17.0 Å². The van der Waals surface area contributed by atoms with Crippen molar-refractivity contribution in [2.45, 2.75) is 24.3 Å². The van der Waals surface area contributed by atoms with Crippen molar-refractivity contribution in [1.29, 1.82) is 0 Å². The van der Waals surface area contributed by atoms with Crippen molar-refractivity contribution >= 4 is 29.0 Å². The number of thioether (sulfide) groups is 1. The van der Waals surface area contributed by atoms with E-state index in [2.05, 4.69) is 15.5 Å². The first-order valence-electron chi connectivity index (χ1n) is 8.50. The van der Waals surface area contributed by atoms with Crippen LogP contribution < -0.4 is 5.32 Å². The zero-order valence-electron chi connectivity index (χ0n) is 15.6. The third-order valence-corrected chi connectivity index (χ3v) is 5.51. The van der Waals surface area contributed by atoms with Gasteiger partial charge in [-0.25, -0.2) is 0 Å². The second-order valence-electron chi connectivity index (χ2n) is 6.26. The lowest BCUT2D eigenvalue weighted by atomic mass is 10.1. The van der Waals surface area contributed by atoms with Gasteiger partial charge >= 0.3 is 0 Å². The van der Waals surface area contributed by atoms with E-state index in [9.17, 15) is 14.9 Å². The molecule has 0 unspecified atom stereocenters. The Balaban J connectivity index is 1.93. The van der Waals surface area contributed by atoms with E-state index in [4.69, 9.17) is 0 Å². The fourth-order valence-electron chi connectivity index (χ4n) is 2.59. The number of aryl methyl sites for hydroxylation is 2. The number of nitro groups is 1. The third kappa shape index (κ3) is 4.20. The summed E-state index contributed by atoms with van der Waals surface area (Å²) in [5.41, 5.74) is 1.53. The predicted molar refractivity (Wildman–Crippen MR) is 107 cm³/mol. The van der Waals surface area contributed by atoms with Gasteiger partial charge in [-0.3, -0.25) is 14.9 Å². The molecule has 1 amide bonds. The number of hydrogen-bond donors (Lipinski definition) is 1. The van der Waals surface area contributed by atoms with Gasteiger partial charge in [-0.1, -0.05) is 48.2 Å². The Morgan fingerprint density at radius 1 is 1.18 bits per heavy atom. The Labute approximate surface area is 166 Å². The van der Waals surface area contributed by atoms with E-state index in [1.54, 1.807) is 23.6 Å². The molecule has 28 heavy (non-hydrogen) atoms. The molecule has 2 aromatic carbocycles. The largest absolute Gasteiger partial charge is 0.319 e. The Hall–Kier alpha value is -3.20. The van der Waals surface area contributed by atoms with Gasteiger partial charge in [-0.05, 0) is 31.0 Å². The van der Waals surface area contributed by atoms with Crippen LogP contribution in [0.1, 0.15) is 22.2 Å². The van der Waals surface area contributed by atoms with Gasteiger partial charge in [-0.2, -0.15) is 0 Å². The summed E-state index contributed by atoms with van der Waals surface area (Å²) in [4.78, 5) is 23.9. The molecule has 1 heterocycles. The highest BCUT2D eigenvalue weighted by molar-refractivity contribution is 8.00. The van der Waals surface area contributed by atoms with E-state index < -0.39 is 10.2 Å². The number of hydrogen-bond acceptors (Lipinski definition) is 6. The summed E-state index contributed by atoms with van der Waals surface area (Å²) >= 11 is 1.24. The molecule has 0 saturated heterocycles. The van der Waals surface area contributed by atoms with Crippen LogP contribution in [-0.2, 0) is 11.8 Å². The third-order valence-electron chi connectivity index (χ3n) is 4.22.